The van der Waals surface area contributed by atoms with Crippen molar-refractivity contribution in [1.29, 1.82) is 0 Å². The van der Waals surface area contributed by atoms with Crippen LogP contribution in [0.5, 0.6) is 0 Å². The lowest BCUT2D eigenvalue weighted by Crippen LogP contribution is -1.80. The molecule has 0 saturated carbocycles. The van der Waals surface area contributed by atoms with Crippen molar-refractivity contribution in [2.45, 2.75) is 0 Å². The first-order valence-electron chi connectivity index (χ1n) is 1.66. The highest BCUT2D eigenvalue weighted by Crippen LogP contribution is 2.00. The lowest BCUT2D eigenvalue weighted by Gasteiger charge is -1.80. The minimum absolute atomic E-state index is 0.317. The van der Waals surface area contributed by atoms with Gasteiger partial charge in [-0.3, -0.25) is 4.79 Å². The highest BCUT2D eigenvalue weighted by Gasteiger charge is 1.90. The third kappa shape index (κ3) is 3.52. The van der Waals surface area contributed by atoms with E-state index in [1.54, 1.807) is 0 Å². The van der Waals surface area contributed by atoms with Gasteiger partial charge in [-0.05, 0) is 17.8 Å². The Labute approximate surface area is 45.6 Å². The summed E-state index contributed by atoms with van der Waals surface area (Å²) in [4.78, 5) is 10.0. The summed E-state index contributed by atoms with van der Waals surface area (Å²) in [6, 6.07) is -0.662. The van der Waals surface area contributed by atoms with Crippen molar-refractivity contribution in [2.75, 3.05) is 6.01 Å². The number of hydrogen-bond acceptors (Lipinski definition) is 2. The Bertz CT molecular complexity index is 81.8. The quantitative estimate of drug-likeness (QED) is 0.512. The normalized spacial score (nSPS) is 8.14. The van der Waals surface area contributed by atoms with Gasteiger partial charge in [-0.25, -0.2) is 4.39 Å². The fraction of sp³-hybridized carbons (Fsp3) is 0.250. The van der Waals surface area contributed by atoms with Crippen molar-refractivity contribution in [2.24, 2.45) is 0 Å². The molecule has 0 spiro atoms. The molecule has 0 aromatic heterocycles. The van der Waals surface area contributed by atoms with Crippen LogP contribution in [-0.2, 0) is 4.79 Å². The zero-order valence-corrected chi connectivity index (χ0v) is 4.50. The SMILES string of the molecule is C=CC(=O)SCF. The molecule has 0 aliphatic rings. The van der Waals surface area contributed by atoms with Gasteiger partial charge in [0.1, 0.15) is 6.01 Å². The number of carbonyl (C=O) groups excluding carboxylic acids is 1. The summed E-state index contributed by atoms with van der Waals surface area (Å²) in [6.07, 6.45) is 1.09. The maximum atomic E-state index is 11.1. The number of rotatable bonds is 2. The minimum atomic E-state index is -0.662. The van der Waals surface area contributed by atoms with Crippen LogP contribution in [-0.4, -0.2) is 11.1 Å². The van der Waals surface area contributed by atoms with Gasteiger partial charge in [-0.1, -0.05) is 6.58 Å². The van der Waals surface area contributed by atoms with Crippen LogP contribution in [0.1, 0.15) is 0 Å². The summed E-state index contributed by atoms with van der Waals surface area (Å²) in [5, 5.41) is -0.317. The molecule has 0 aliphatic carbocycles. The van der Waals surface area contributed by atoms with E-state index in [0.717, 1.165) is 6.08 Å². The standard InChI is InChI=1S/C4H5FOS/c1-2-4(6)7-3-5/h2H,1,3H2. The molecule has 40 valence electrons. The molecular formula is C4H5FOS. The molecule has 0 atom stereocenters. The first kappa shape index (κ1) is 6.69. The molecule has 0 unspecified atom stereocenters. The molecule has 0 rings (SSSR count). The second-order valence-corrected chi connectivity index (χ2v) is 1.69. The Morgan fingerprint density at radius 3 is 2.71 bits per heavy atom. The number of alkyl halides is 1. The highest BCUT2D eigenvalue weighted by atomic mass is 32.2. The van der Waals surface area contributed by atoms with Gasteiger partial charge < -0.3 is 0 Å². The van der Waals surface area contributed by atoms with Crippen molar-refractivity contribution in [3.63, 3.8) is 0 Å². The molecule has 7 heavy (non-hydrogen) atoms. The maximum Gasteiger partial charge on any atom is 0.214 e. The average molecular weight is 120 g/mol. The predicted octanol–water partition coefficient (Wildman–Crippen LogP) is 1.36. The second kappa shape index (κ2) is 3.87. The highest BCUT2D eigenvalue weighted by molar-refractivity contribution is 8.13. The topological polar surface area (TPSA) is 17.1 Å². The minimum Gasteiger partial charge on any atom is -0.282 e. The van der Waals surface area contributed by atoms with Gasteiger partial charge in [0, 0.05) is 0 Å². The summed E-state index contributed by atoms with van der Waals surface area (Å²) < 4.78 is 11.1. The smallest absolute Gasteiger partial charge is 0.214 e. The van der Waals surface area contributed by atoms with E-state index in [2.05, 4.69) is 6.58 Å². The molecule has 0 fully saturated rings. The molecule has 1 nitrogen and oxygen atoms in total. The lowest BCUT2D eigenvalue weighted by molar-refractivity contribution is -0.107. The fourth-order valence-electron chi connectivity index (χ4n) is 0.113. The summed E-state index contributed by atoms with van der Waals surface area (Å²) in [7, 11) is 0. The summed E-state index contributed by atoms with van der Waals surface area (Å²) in [5.74, 6) is 0. The van der Waals surface area contributed by atoms with Crippen molar-refractivity contribution in [1.82, 2.24) is 0 Å². The van der Waals surface area contributed by atoms with Gasteiger partial charge in [-0.2, -0.15) is 0 Å². The molecule has 0 N–H and O–H groups in total. The Balaban J connectivity index is 3.17. The van der Waals surface area contributed by atoms with Gasteiger partial charge in [0.2, 0.25) is 5.12 Å². The number of halogens is 1. The van der Waals surface area contributed by atoms with Crippen LogP contribution in [0, 0.1) is 0 Å². The van der Waals surface area contributed by atoms with Gasteiger partial charge in [-0.15, -0.1) is 0 Å². The van der Waals surface area contributed by atoms with E-state index in [4.69, 9.17) is 0 Å². The first-order chi connectivity index (χ1) is 3.31. The third-order valence-electron chi connectivity index (χ3n) is 0.363. The van der Waals surface area contributed by atoms with Gasteiger partial charge in [0.25, 0.3) is 0 Å². The van der Waals surface area contributed by atoms with Crippen molar-refractivity contribution < 1.29 is 9.18 Å². The number of thioether (sulfide) groups is 1. The van der Waals surface area contributed by atoms with Gasteiger partial charge in [0.15, 0.2) is 0 Å². The van der Waals surface area contributed by atoms with E-state index in [1.807, 2.05) is 0 Å². The van der Waals surface area contributed by atoms with Crippen LogP contribution in [0.3, 0.4) is 0 Å². The summed E-state index contributed by atoms with van der Waals surface area (Å²) in [5.41, 5.74) is 0. The Morgan fingerprint density at radius 1 is 2.00 bits per heavy atom. The largest absolute Gasteiger partial charge is 0.282 e. The Hall–Kier alpha value is -0.310. The number of hydrogen-bond donors (Lipinski definition) is 0. The van der Waals surface area contributed by atoms with E-state index in [1.165, 1.54) is 0 Å². The Morgan fingerprint density at radius 2 is 2.57 bits per heavy atom. The average Bonchev–Trinajstić information content (AvgIpc) is 1.68. The van der Waals surface area contributed by atoms with Crippen LogP contribution in [0.4, 0.5) is 4.39 Å². The second-order valence-electron chi connectivity index (χ2n) is 0.777. The fourth-order valence-corrected chi connectivity index (χ4v) is 0.338. The zero-order chi connectivity index (χ0) is 5.70. The lowest BCUT2D eigenvalue weighted by atomic mass is 10.7. The molecule has 0 aliphatic heterocycles. The van der Waals surface area contributed by atoms with Crippen molar-refractivity contribution in [3.05, 3.63) is 12.7 Å². The van der Waals surface area contributed by atoms with E-state index < -0.39 is 6.01 Å². The molecule has 0 heterocycles. The van der Waals surface area contributed by atoms with Crippen LogP contribution >= 0.6 is 11.8 Å². The molecule has 0 aromatic rings. The van der Waals surface area contributed by atoms with Crippen LogP contribution in [0.25, 0.3) is 0 Å². The summed E-state index contributed by atoms with van der Waals surface area (Å²) >= 11 is 0.608. The molecule has 0 bridgehead atoms. The van der Waals surface area contributed by atoms with Crippen LogP contribution < -0.4 is 0 Å². The third-order valence-corrected chi connectivity index (χ3v) is 0.924. The first-order valence-corrected chi connectivity index (χ1v) is 2.65. The molecule has 0 saturated heterocycles. The van der Waals surface area contributed by atoms with Crippen LogP contribution in [0.2, 0.25) is 0 Å². The monoisotopic (exact) mass is 120 g/mol. The molecule has 0 amide bonds. The van der Waals surface area contributed by atoms with Crippen molar-refractivity contribution >= 4 is 16.9 Å². The molecule has 0 radical (unpaired) electrons. The molecular weight excluding hydrogens is 115 g/mol. The van der Waals surface area contributed by atoms with Crippen molar-refractivity contribution in [3.8, 4) is 0 Å². The molecule has 3 heteroatoms. The Kier molecular flexibility index (Phi) is 3.69. The zero-order valence-electron chi connectivity index (χ0n) is 3.69. The van der Waals surface area contributed by atoms with E-state index >= 15 is 0 Å². The number of carbonyl (C=O) groups is 1. The predicted molar refractivity (Wildman–Crippen MR) is 28.8 cm³/mol. The van der Waals surface area contributed by atoms with E-state index in [-0.39, 0.29) is 5.12 Å². The summed E-state index contributed by atoms with van der Waals surface area (Å²) in [6.45, 7) is 3.14. The van der Waals surface area contributed by atoms with E-state index in [9.17, 15) is 9.18 Å². The molecule has 0 aromatic carbocycles. The van der Waals surface area contributed by atoms with Crippen LogP contribution in [0.15, 0.2) is 12.7 Å². The maximum absolute atomic E-state index is 11.1. The van der Waals surface area contributed by atoms with Gasteiger partial charge in [0.05, 0.1) is 0 Å². The van der Waals surface area contributed by atoms with Gasteiger partial charge >= 0.3 is 0 Å². The van der Waals surface area contributed by atoms with E-state index in [0.29, 0.717) is 11.8 Å².